The molecule has 124 valence electrons. The van der Waals surface area contributed by atoms with Crippen molar-refractivity contribution < 1.29 is 9.15 Å². The molecule has 2 aromatic heterocycles. The molecule has 0 amide bonds. The molecule has 3 aromatic rings. The van der Waals surface area contributed by atoms with E-state index in [4.69, 9.17) is 14.3 Å². The molecule has 5 nitrogen and oxygen atoms in total. The summed E-state index contributed by atoms with van der Waals surface area (Å²) in [6.07, 6.45) is 5.73. The lowest BCUT2D eigenvalue weighted by Crippen LogP contribution is -2.33. The van der Waals surface area contributed by atoms with Crippen molar-refractivity contribution in [3.8, 4) is 5.75 Å². The molecule has 0 aliphatic carbocycles. The first kappa shape index (κ1) is 14.7. The molecule has 25 heavy (non-hydrogen) atoms. The monoisotopic (exact) mass is 395 g/mol. The van der Waals surface area contributed by atoms with Crippen molar-refractivity contribution in [1.82, 2.24) is 9.99 Å². The highest BCUT2D eigenvalue weighted by Gasteiger charge is 2.41. The second-order valence-electron chi connectivity index (χ2n) is 6.06. The van der Waals surface area contributed by atoms with Crippen molar-refractivity contribution in [3.63, 3.8) is 0 Å². The predicted molar refractivity (Wildman–Crippen MR) is 96.2 cm³/mol. The maximum absolute atomic E-state index is 6.29. The van der Waals surface area contributed by atoms with Crippen molar-refractivity contribution in [1.29, 1.82) is 0 Å². The number of rotatable bonds is 2. The quantitative estimate of drug-likeness (QED) is 0.631. The first-order chi connectivity index (χ1) is 12.3. The summed E-state index contributed by atoms with van der Waals surface area (Å²) in [5.74, 6) is 1.70. The van der Waals surface area contributed by atoms with Crippen molar-refractivity contribution >= 4 is 21.6 Å². The molecular formula is C19H14BrN3O2. The molecule has 0 N–H and O–H groups in total. The van der Waals surface area contributed by atoms with Crippen LogP contribution in [0, 0.1) is 0 Å². The summed E-state index contributed by atoms with van der Waals surface area (Å²) in [5, 5.41) is 6.86. The van der Waals surface area contributed by atoms with Crippen LogP contribution in [0.1, 0.15) is 35.6 Å². The summed E-state index contributed by atoms with van der Waals surface area (Å²) >= 11 is 3.56. The molecule has 4 heterocycles. The van der Waals surface area contributed by atoms with Gasteiger partial charge >= 0.3 is 0 Å². The Bertz CT molecular complexity index is 941. The van der Waals surface area contributed by atoms with E-state index in [1.165, 1.54) is 0 Å². The lowest BCUT2D eigenvalue weighted by molar-refractivity contribution is -0.0191. The lowest BCUT2D eigenvalue weighted by Gasteiger charge is -2.38. The van der Waals surface area contributed by atoms with E-state index >= 15 is 0 Å². The van der Waals surface area contributed by atoms with E-state index in [0.717, 1.165) is 39.2 Å². The maximum Gasteiger partial charge on any atom is 0.213 e. The number of hydrogen-bond donors (Lipinski definition) is 0. The van der Waals surface area contributed by atoms with Crippen molar-refractivity contribution in [2.75, 3.05) is 0 Å². The Labute approximate surface area is 153 Å². The van der Waals surface area contributed by atoms with Crippen LogP contribution in [-0.2, 0) is 0 Å². The predicted octanol–water partition coefficient (Wildman–Crippen LogP) is 4.68. The minimum absolute atomic E-state index is 0.111. The number of hydrazone groups is 1. The molecule has 5 rings (SSSR count). The van der Waals surface area contributed by atoms with Gasteiger partial charge in [-0.2, -0.15) is 5.10 Å². The van der Waals surface area contributed by atoms with Crippen LogP contribution in [0.2, 0.25) is 0 Å². The van der Waals surface area contributed by atoms with Gasteiger partial charge in [-0.1, -0.05) is 15.9 Å². The van der Waals surface area contributed by atoms with Gasteiger partial charge in [-0.25, -0.2) is 5.01 Å². The number of nitrogens with zero attached hydrogens (tertiary/aromatic N) is 3. The van der Waals surface area contributed by atoms with E-state index in [-0.39, 0.29) is 12.3 Å². The minimum Gasteiger partial charge on any atom is -0.464 e. The summed E-state index contributed by atoms with van der Waals surface area (Å²) < 4.78 is 12.9. The van der Waals surface area contributed by atoms with Crippen LogP contribution in [0.15, 0.2) is 75.1 Å². The van der Waals surface area contributed by atoms with E-state index in [2.05, 4.69) is 27.0 Å². The number of furan rings is 1. The molecule has 0 radical (unpaired) electrons. The molecule has 0 unspecified atom stereocenters. The van der Waals surface area contributed by atoms with Crippen molar-refractivity contribution in [3.05, 3.63) is 82.5 Å². The van der Waals surface area contributed by atoms with E-state index < -0.39 is 0 Å². The van der Waals surface area contributed by atoms with Crippen LogP contribution in [0.5, 0.6) is 5.75 Å². The normalized spacial score (nSPS) is 21.3. The number of halogens is 1. The van der Waals surface area contributed by atoms with Gasteiger partial charge in [0.2, 0.25) is 6.23 Å². The zero-order chi connectivity index (χ0) is 16.8. The van der Waals surface area contributed by atoms with Crippen molar-refractivity contribution in [2.24, 2.45) is 5.10 Å². The Morgan fingerprint density at radius 3 is 2.80 bits per heavy atom. The molecule has 0 spiro atoms. The molecule has 2 aliphatic rings. The van der Waals surface area contributed by atoms with Gasteiger partial charge in [0.05, 0.1) is 12.3 Å². The van der Waals surface area contributed by atoms with Gasteiger partial charge < -0.3 is 9.15 Å². The van der Waals surface area contributed by atoms with Crippen LogP contribution in [0.4, 0.5) is 0 Å². The Morgan fingerprint density at radius 2 is 2.00 bits per heavy atom. The minimum atomic E-state index is -0.283. The molecule has 1 aromatic carbocycles. The van der Waals surface area contributed by atoms with Crippen LogP contribution in [0.25, 0.3) is 0 Å². The average Bonchev–Trinajstić information content (AvgIpc) is 3.31. The van der Waals surface area contributed by atoms with Crippen LogP contribution >= 0.6 is 15.9 Å². The zero-order valence-corrected chi connectivity index (χ0v) is 14.8. The highest BCUT2D eigenvalue weighted by atomic mass is 79.9. The molecule has 6 heteroatoms. The van der Waals surface area contributed by atoms with Gasteiger partial charge in [-0.3, -0.25) is 4.98 Å². The number of aromatic nitrogens is 1. The summed E-state index contributed by atoms with van der Waals surface area (Å²) in [6.45, 7) is 0. The fraction of sp³-hybridized carbons (Fsp3) is 0.158. The van der Waals surface area contributed by atoms with Gasteiger partial charge in [0.25, 0.3) is 0 Å². The van der Waals surface area contributed by atoms with E-state index in [9.17, 15) is 0 Å². The molecule has 0 fully saturated rings. The first-order valence-electron chi connectivity index (χ1n) is 8.05. The zero-order valence-electron chi connectivity index (χ0n) is 13.2. The van der Waals surface area contributed by atoms with Crippen LogP contribution in [-0.4, -0.2) is 15.7 Å². The van der Waals surface area contributed by atoms with Crippen LogP contribution in [0.3, 0.4) is 0 Å². The lowest BCUT2D eigenvalue weighted by atomic mass is 9.97. The smallest absolute Gasteiger partial charge is 0.213 e. The number of benzene rings is 1. The molecular weight excluding hydrogens is 382 g/mol. The number of pyridine rings is 1. The third-order valence-electron chi connectivity index (χ3n) is 4.55. The highest BCUT2D eigenvalue weighted by Crippen LogP contribution is 2.48. The van der Waals surface area contributed by atoms with Gasteiger partial charge in [-0.05, 0) is 42.5 Å². The molecule has 2 atom stereocenters. The van der Waals surface area contributed by atoms with Gasteiger partial charge in [0, 0.05) is 34.4 Å². The fourth-order valence-corrected chi connectivity index (χ4v) is 3.78. The van der Waals surface area contributed by atoms with E-state index in [0.29, 0.717) is 0 Å². The molecule has 0 saturated heterocycles. The molecule has 0 saturated carbocycles. The third-order valence-corrected chi connectivity index (χ3v) is 5.04. The Kier molecular flexibility index (Phi) is 3.38. The van der Waals surface area contributed by atoms with Crippen LogP contribution < -0.4 is 4.74 Å². The molecule has 2 aliphatic heterocycles. The van der Waals surface area contributed by atoms with Crippen molar-refractivity contribution in [2.45, 2.75) is 18.7 Å². The Hall–Kier alpha value is -2.60. The summed E-state index contributed by atoms with van der Waals surface area (Å²) in [7, 11) is 0. The average molecular weight is 396 g/mol. The van der Waals surface area contributed by atoms with Gasteiger partial charge in [-0.15, -0.1) is 0 Å². The standard InChI is InChI=1S/C19H14BrN3O2/c20-13-3-4-17-14(10-13)16-11-15(18-2-1-9-24-18)22-23(16)19(25-17)12-5-7-21-8-6-12/h1-10,16,19H,11H2/t16-,19-/m1/s1. The second-order valence-corrected chi connectivity index (χ2v) is 6.97. The maximum atomic E-state index is 6.29. The largest absolute Gasteiger partial charge is 0.464 e. The fourth-order valence-electron chi connectivity index (χ4n) is 3.40. The van der Waals surface area contributed by atoms with E-state index in [1.54, 1.807) is 18.7 Å². The van der Waals surface area contributed by atoms with Gasteiger partial charge in [0.15, 0.2) is 0 Å². The Morgan fingerprint density at radius 1 is 1.12 bits per heavy atom. The number of ether oxygens (including phenoxy) is 1. The topological polar surface area (TPSA) is 50.9 Å². The third kappa shape index (κ3) is 2.44. The second kappa shape index (κ2) is 5.74. The number of fused-ring (bicyclic) bond motifs is 3. The SMILES string of the molecule is Brc1ccc2c(c1)[C@H]1CC(c3ccco3)=NN1[C@@H](c1ccncc1)O2. The first-order valence-corrected chi connectivity index (χ1v) is 8.84. The van der Waals surface area contributed by atoms with Gasteiger partial charge in [0.1, 0.15) is 17.2 Å². The summed E-state index contributed by atoms with van der Waals surface area (Å²) in [6, 6.07) is 14.0. The highest BCUT2D eigenvalue weighted by molar-refractivity contribution is 9.10. The van der Waals surface area contributed by atoms with E-state index in [1.807, 2.05) is 41.4 Å². The summed E-state index contributed by atoms with van der Waals surface area (Å²) in [5.41, 5.74) is 3.09. The molecule has 0 bridgehead atoms. The summed E-state index contributed by atoms with van der Waals surface area (Å²) in [4.78, 5) is 4.11. The number of hydrogen-bond acceptors (Lipinski definition) is 5. The Balaban J connectivity index is 1.62.